The van der Waals surface area contributed by atoms with Gasteiger partial charge in [-0.3, -0.25) is 14.4 Å². The van der Waals surface area contributed by atoms with Crippen molar-refractivity contribution in [2.75, 3.05) is 6.61 Å². The summed E-state index contributed by atoms with van der Waals surface area (Å²) in [6.45, 7) is 11.3. The Morgan fingerprint density at radius 3 is 2.29 bits per heavy atom. The van der Waals surface area contributed by atoms with E-state index in [0.29, 0.717) is 11.1 Å². The highest BCUT2D eigenvalue weighted by molar-refractivity contribution is 5.93. The third kappa shape index (κ3) is 4.09. The van der Waals surface area contributed by atoms with Crippen LogP contribution < -0.4 is 5.32 Å². The Bertz CT molecular complexity index is 1350. The Hall–Kier alpha value is -3.08. The van der Waals surface area contributed by atoms with Crippen molar-refractivity contribution >= 4 is 23.6 Å². The minimum Gasteiger partial charge on any atom is -0.455 e. The fraction of sp³-hybridized carbons (Fsp3) is 0.625. The molecule has 0 aromatic heterocycles. The number of carbonyl (C=O) groups excluding carboxylic acids is 4. The number of ketones is 1. The second-order valence-electron chi connectivity index (χ2n) is 13.2. The van der Waals surface area contributed by atoms with Gasteiger partial charge < -0.3 is 29.7 Å². The van der Waals surface area contributed by atoms with Gasteiger partial charge in [-0.05, 0) is 36.6 Å². The number of rotatable bonds is 4. The predicted molar refractivity (Wildman–Crippen MR) is 150 cm³/mol. The van der Waals surface area contributed by atoms with Crippen LogP contribution in [-0.4, -0.2) is 76.0 Å². The molecule has 3 fully saturated rings. The summed E-state index contributed by atoms with van der Waals surface area (Å²) >= 11 is 0. The van der Waals surface area contributed by atoms with Crippen molar-refractivity contribution in [1.29, 1.82) is 0 Å². The van der Waals surface area contributed by atoms with Crippen molar-refractivity contribution in [3.8, 4) is 0 Å². The molecule has 1 aromatic carbocycles. The summed E-state index contributed by atoms with van der Waals surface area (Å²) < 4.78 is 18.3. The molecule has 1 unspecified atom stereocenters. The van der Waals surface area contributed by atoms with Crippen molar-refractivity contribution in [2.45, 2.75) is 96.9 Å². The predicted octanol–water partition coefficient (Wildman–Crippen LogP) is 2.50. The Kier molecular flexibility index (Phi) is 7.23. The zero-order valence-electron chi connectivity index (χ0n) is 25.2. The number of carbonyl (C=O) groups is 4. The van der Waals surface area contributed by atoms with Gasteiger partial charge in [0, 0.05) is 37.6 Å². The molecule has 2 bridgehead atoms. The minimum absolute atomic E-state index is 0.0911. The van der Waals surface area contributed by atoms with Gasteiger partial charge in [0.1, 0.15) is 23.6 Å². The summed E-state index contributed by atoms with van der Waals surface area (Å²) in [5, 5.41) is 27.2. The van der Waals surface area contributed by atoms with E-state index >= 15 is 0 Å². The molecule has 3 aliphatic carbocycles. The van der Waals surface area contributed by atoms with Crippen LogP contribution in [0.15, 0.2) is 41.5 Å². The molecule has 1 aliphatic heterocycles. The van der Waals surface area contributed by atoms with E-state index in [-0.39, 0.29) is 36.7 Å². The number of hydrogen-bond acceptors (Lipinski definition) is 9. The molecular weight excluding hydrogens is 542 g/mol. The number of fused-ring (bicyclic) bond motifs is 5. The minimum atomic E-state index is -1.92. The van der Waals surface area contributed by atoms with Crippen molar-refractivity contribution in [3.05, 3.63) is 47.0 Å². The van der Waals surface area contributed by atoms with Gasteiger partial charge in [-0.1, -0.05) is 45.9 Å². The lowest BCUT2D eigenvalue weighted by atomic mass is 9.43. The van der Waals surface area contributed by atoms with E-state index in [0.717, 1.165) is 0 Å². The molecule has 0 radical (unpaired) electrons. The number of aliphatic hydroxyl groups is 2. The van der Waals surface area contributed by atoms with Crippen molar-refractivity contribution in [1.82, 2.24) is 5.32 Å². The average Bonchev–Trinajstić information content (AvgIpc) is 2.90. The van der Waals surface area contributed by atoms with Crippen molar-refractivity contribution < 1.29 is 43.6 Å². The van der Waals surface area contributed by atoms with Crippen LogP contribution in [0.3, 0.4) is 0 Å². The lowest BCUT2D eigenvalue weighted by Crippen LogP contribution is -2.82. The van der Waals surface area contributed by atoms with Gasteiger partial charge in [-0.25, -0.2) is 4.79 Å². The molecule has 5 rings (SSSR count). The lowest BCUT2D eigenvalue weighted by molar-refractivity contribution is -0.335. The highest BCUT2D eigenvalue weighted by Gasteiger charge is 2.77. The molecule has 42 heavy (non-hydrogen) atoms. The van der Waals surface area contributed by atoms with Crippen molar-refractivity contribution in [3.63, 3.8) is 0 Å². The van der Waals surface area contributed by atoms with Crippen LogP contribution in [0.2, 0.25) is 0 Å². The number of esters is 2. The molecule has 1 amide bonds. The molecular formula is C32H41NO9. The highest BCUT2D eigenvalue weighted by Crippen LogP contribution is 2.64. The molecule has 3 N–H and O–H groups in total. The molecule has 0 spiro atoms. The first-order valence-corrected chi connectivity index (χ1v) is 14.5. The van der Waals surface area contributed by atoms with Gasteiger partial charge in [0.05, 0.1) is 29.6 Å². The maximum absolute atomic E-state index is 14.9. The highest BCUT2D eigenvalue weighted by atomic mass is 16.6. The number of ether oxygens (including phenoxy) is 3. The van der Waals surface area contributed by atoms with Crippen LogP contribution in [-0.2, 0) is 28.6 Å². The van der Waals surface area contributed by atoms with Crippen LogP contribution in [0.4, 0.5) is 0 Å². The van der Waals surface area contributed by atoms with Crippen LogP contribution in [0.1, 0.15) is 71.7 Å². The average molecular weight is 584 g/mol. The fourth-order valence-corrected chi connectivity index (χ4v) is 8.64. The summed E-state index contributed by atoms with van der Waals surface area (Å²) in [7, 11) is 0. The molecule has 9 atom stereocenters. The smallest absolute Gasteiger partial charge is 0.338 e. The Labute approximate surface area is 245 Å². The van der Waals surface area contributed by atoms with Crippen LogP contribution in [0, 0.1) is 22.7 Å². The van der Waals surface area contributed by atoms with Gasteiger partial charge >= 0.3 is 11.9 Å². The molecule has 1 aromatic rings. The van der Waals surface area contributed by atoms with E-state index < -0.39 is 70.2 Å². The first-order valence-electron chi connectivity index (χ1n) is 14.5. The third-order valence-corrected chi connectivity index (χ3v) is 10.7. The number of amides is 1. The van der Waals surface area contributed by atoms with E-state index in [1.165, 1.54) is 13.8 Å². The zero-order valence-corrected chi connectivity index (χ0v) is 25.2. The van der Waals surface area contributed by atoms with Crippen LogP contribution >= 0.6 is 0 Å². The molecule has 228 valence electrons. The molecule has 1 saturated heterocycles. The molecule has 2 saturated carbocycles. The second kappa shape index (κ2) is 9.99. The van der Waals surface area contributed by atoms with Gasteiger partial charge in [-0.2, -0.15) is 0 Å². The summed E-state index contributed by atoms with van der Waals surface area (Å²) in [6.07, 6.45) is -3.35. The number of nitrogens with one attached hydrogen (secondary N) is 1. The Morgan fingerprint density at radius 2 is 1.74 bits per heavy atom. The SMILES string of the molecule is CC(=O)N[C@H]1C[C@H]2OC[C@@]2(OC(C)=O)C2[C@H](OC(=O)c3ccccc3)[C@]3(O)C[C@H](O)C(C)=C([C@@H](C)C(=O)[C@@]21C)C3(C)C. The number of Topliss-reactive ketones (excluding diaryl/α,β-unsaturated/α-hetero) is 1. The topological polar surface area (TPSA) is 148 Å². The normalized spacial score (nSPS) is 40.4. The largest absolute Gasteiger partial charge is 0.455 e. The van der Waals surface area contributed by atoms with Gasteiger partial charge in [-0.15, -0.1) is 0 Å². The first-order chi connectivity index (χ1) is 19.5. The summed E-state index contributed by atoms with van der Waals surface area (Å²) in [4.78, 5) is 53.9. The van der Waals surface area contributed by atoms with E-state index in [1.54, 1.807) is 65.0 Å². The van der Waals surface area contributed by atoms with E-state index in [2.05, 4.69) is 5.32 Å². The first kappa shape index (κ1) is 30.4. The van der Waals surface area contributed by atoms with Gasteiger partial charge in [0.15, 0.2) is 5.60 Å². The van der Waals surface area contributed by atoms with E-state index in [1.807, 2.05) is 0 Å². The monoisotopic (exact) mass is 583 g/mol. The van der Waals surface area contributed by atoms with Gasteiger partial charge in [0.25, 0.3) is 0 Å². The summed E-state index contributed by atoms with van der Waals surface area (Å²) in [5.74, 6) is -3.94. The summed E-state index contributed by atoms with van der Waals surface area (Å²) in [6, 6.07) is 7.48. The number of hydrogen-bond donors (Lipinski definition) is 3. The third-order valence-electron chi connectivity index (χ3n) is 10.7. The van der Waals surface area contributed by atoms with Crippen molar-refractivity contribution in [2.24, 2.45) is 22.7 Å². The molecule has 10 nitrogen and oxygen atoms in total. The maximum Gasteiger partial charge on any atom is 0.338 e. The van der Waals surface area contributed by atoms with Crippen LogP contribution in [0.25, 0.3) is 0 Å². The van der Waals surface area contributed by atoms with E-state index in [4.69, 9.17) is 14.2 Å². The second-order valence-corrected chi connectivity index (χ2v) is 13.2. The van der Waals surface area contributed by atoms with Crippen LogP contribution in [0.5, 0.6) is 0 Å². The zero-order chi connectivity index (χ0) is 31.0. The fourth-order valence-electron chi connectivity index (χ4n) is 8.64. The Balaban J connectivity index is 1.84. The molecule has 4 aliphatic rings. The van der Waals surface area contributed by atoms with Gasteiger partial charge in [0.2, 0.25) is 5.91 Å². The van der Waals surface area contributed by atoms with E-state index in [9.17, 15) is 29.4 Å². The molecule has 1 heterocycles. The standard InChI is InChI=1S/C32H41NO9/c1-16-21(36)14-32(39)27(41-28(38)20-11-9-8-10-12-20)25-30(7,26(37)17(2)24(16)29(32,5)6)22(33-18(3)34)13-23-31(25,15-40-23)42-19(4)35/h8-12,17,21-23,25,27,36,39H,13-15H2,1-7H3,(H,33,34)/t17-,21+,22+,23-,25?,27+,30-,31+,32-/m1/s1. The number of aliphatic hydroxyl groups excluding tert-OH is 1. The Morgan fingerprint density at radius 1 is 1.10 bits per heavy atom. The molecule has 10 heteroatoms. The number of benzene rings is 1. The lowest BCUT2D eigenvalue weighted by Gasteiger charge is -2.68. The summed E-state index contributed by atoms with van der Waals surface area (Å²) in [5.41, 5.74) is -4.65. The maximum atomic E-state index is 14.9. The quantitative estimate of drug-likeness (QED) is 0.359.